The highest BCUT2D eigenvalue weighted by atomic mass is 16.5. The Hall–Kier alpha value is -2.86. The van der Waals surface area contributed by atoms with Crippen molar-refractivity contribution in [1.82, 2.24) is 14.9 Å². The van der Waals surface area contributed by atoms with Gasteiger partial charge in [-0.05, 0) is 18.2 Å². The summed E-state index contributed by atoms with van der Waals surface area (Å²) in [6.45, 7) is 1.73. The van der Waals surface area contributed by atoms with Gasteiger partial charge in [0.05, 0.1) is 30.0 Å². The minimum atomic E-state index is -0.254. The van der Waals surface area contributed by atoms with E-state index in [9.17, 15) is 4.79 Å². The Balaban J connectivity index is 1.71. The number of benzene rings is 1. The van der Waals surface area contributed by atoms with Crippen LogP contribution in [-0.4, -0.2) is 29.3 Å². The zero-order valence-corrected chi connectivity index (χ0v) is 13.5. The van der Waals surface area contributed by atoms with Gasteiger partial charge in [-0.1, -0.05) is 24.3 Å². The maximum atomic E-state index is 12.2. The molecule has 0 bridgehead atoms. The van der Waals surface area contributed by atoms with Crippen molar-refractivity contribution in [2.45, 2.75) is 13.1 Å². The van der Waals surface area contributed by atoms with E-state index in [4.69, 9.17) is 4.74 Å². The predicted octanol–water partition coefficient (Wildman–Crippen LogP) is 3.00. The minimum absolute atomic E-state index is 0.254. The molecule has 0 spiro atoms. The molecule has 3 rings (SSSR count). The van der Waals surface area contributed by atoms with E-state index < -0.39 is 0 Å². The molecule has 24 heavy (non-hydrogen) atoms. The Morgan fingerprint density at radius 2 is 2.04 bits per heavy atom. The van der Waals surface area contributed by atoms with Crippen LogP contribution in [0.3, 0.4) is 0 Å². The number of urea groups is 1. The van der Waals surface area contributed by atoms with Crippen molar-refractivity contribution in [2.75, 3.05) is 19.0 Å². The van der Waals surface area contributed by atoms with E-state index in [1.165, 1.54) is 0 Å². The monoisotopic (exact) mass is 324 g/mol. The third-order valence-corrected chi connectivity index (χ3v) is 3.73. The summed E-state index contributed by atoms with van der Waals surface area (Å²) in [5.74, 6) is 0. The number of rotatable bonds is 6. The molecule has 2 amide bonds. The fourth-order valence-electron chi connectivity index (χ4n) is 2.56. The molecule has 0 saturated heterocycles. The van der Waals surface area contributed by atoms with Crippen LogP contribution >= 0.6 is 0 Å². The van der Waals surface area contributed by atoms with Crippen LogP contribution in [0.4, 0.5) is 10.5 Å². The third-order valence-electron chi connectivity index (χ3n) is 3.73. The van der Waals surface area contributed by atoms with E-state index in [1.807, 2.05) is 48.7 Å². The molecule has 6 nitrogen and oxygen atoms in total. The van der Waals surface area contributed by atoms with Crippen LogP contribution in [-0.2, 0) is 17.8 Å². The van der Waals surface area contributed by atoms with Crippen LogP contribution < -0.4 is 10.6 Å². The summed E-state index contributed by atoms with van der Waals surface area (Å²) in [7, 11) is 1.68. The van der Waals surface area contributed by atoms with Crippen LogP contribution in [0.5, 0.6) is 0 Å². The lowest BCUT2D eigenvalue weighted by molar-refractivity contribution is 0.188. The van der Waals surface area contributed by atoms with Crippen LogP contribution in [0, 0.1) is 0 Å². The van der Waals surface area contributed by atoms with E-state index in [-0.39, 0.29) is 6.03 Å². The van der Waals surface area contributed by atoms with Crippen molar-refractivity contribution in [3.8, 4) is 0 Å². The first-order chi connectivity index (χ1) is 11.8. The summed E-state index contributed by atoms with van der Waals surface area (Å²) in [6, 6.07) is 13.3. The fourth-order valence-corrected chi connectivity index (χ4v) is 2.56. The van der Waals surface area contributed by atoms with E-state index in [0.717, 1.165) is 28.8 Å². The quantitative estimate of drug-likeness (QED) is 0.732. The first kappa shape index (κ1) is 16.0. The molecule has 0 aliphatic rings. The third kappa shape index (κ3) is 3.72. The summed E-state index contributed by atoms with van der Waals surface area (Å²) >= 11 is 0. The molecule has 1 aromatic carbocycles. The molecule has 0 atom stereocenters. The maximum Gasteiger partial charge on any atom is 0.319 e. The lowest BCUT2D eigenvalue weighted by Gasteiger charge is -2.06. The van der Waals surface area contributed by atoms with Crippen LogP contribution in [0.25, 0.3) is 10.9 Å². The summed E-state index contributed by atoms with van der Waals surface area (Å²) in [4.78, 5) is 16.4. The lowest BCUT2D eigenvalue weighted by Crippen LogP contribution is -2.28. The van der Waals surface area contributed by atoms with Crippen molar-refractivity contribution in [3.05, 3.63) is 60.6 Å². The molecule has 2 aromatic heterocycles. The zero-order chi connectivity index (χ0) is 16.8. The molecule has 0 aliphatic heterocycles. The lowest BCUT2D eigenvalue weighted by atomic mass is 10.2. The number of hydrogen-bond donors (Lipinski definition) is 2. The highest BCUT2D eigenvalue weighted by molar-refractivity contribution is 6.01. The smallest absolute Gasteiger partial charge is 0.319 e. The Bertz CT molecular complexity index is 814. The molecule has 124 valence electrons. The Kier molecular flexibility index (Phi) is 5.08. The second-order valence-corrected chi connectivity index (χ2v) is 5.37. The van der Waals surface area contributed by atoms with Crippen molar-refractivity contribution in [3.63, 3.8) is 0 Å². The van der Waals surface area contributed by atoms with Crippen LogP contribution in [0.2, 0.25) is 0 Å². The van der Waals surface area contributed by atoms with Crippen molar-refractivity contribution >= 4 is 22.6 Å². The van der Waals surface area contributed by atoms with Crippen molar-refractivity contribution < 1.29 is 9.53 Å². The average Bonchev–Trinajstić information content (AvgIpc) is 2.97. The number of para-hydroxylation sites is 1. The van der Waals surface area contributed by atoms with Gasteiger partial charge in [0.15, 0.2) is 0 Å². The minimum Gasteiger partial charge on any atom is -0.383 e. The van der Waals surface area contributed by atoms with Crippen molar-refractivity contribution in [2.24, 2.45) is 0 Å². The normalized spacial score (nSPS) is 10.7. The van der Waals surface area contributed by atoms with E-state index in [1.54, 1.807) is 13.3 Å². The summed E-state index contributed by atoms with van der Waals surface area (Å²) in [5, 5.41) is 6.73. The van der Waals surface area contributed by atoms with E-state index in [2.05, 4.69) is 20.2 Å². The molecule has 3 aromatic rings. The number of ether oxygens (including phenoxy) is 1. The average molecular weight is 324 g/mol. The SMILES string of the molecule is COCCn1cc(NC(=O)NCc2ccccn2)c2ccccc21. The molecule has 0 unspecified atom stereocenters. The maximum absolute atomic E-state index is 12.2. The van der Waals surface area contributed by atoms with Gasteiger partial charge in [-0.15, -0.1) is 0 Å². The molecule has 0 saturated carbocycles. The molecule has 6 heteroatoms. The van der Waals surface area contributed by atoms with Gasteiger partial charge in [-0.25, -0.2) is 4.79 Å². The van der Waals surface area contributed by atoms with Gasteiger partial charge in [0.2, 0.25) is 0 Å². The van der Waals surface area contributed by atoms with Gasteiger partial charge < -0.3 is 19.9 Å². The number of aromatic nitrogens is 2. The molecular weight excluding hydrogens is 304 g/mol. The summed E-state index contributed by atoms with van der Waals surface area (Å²) < 4.78 is 7.22. The van der Waals surface area contributed by atoms with Gasteiger partial charge in [-0.2, -0.15) is 0 Å². The van der Waals surface area contributed by atoms with Crippen molar-refractivity contribution in [1.29, 1.82) is 0 Å². The van der Waals surface area contributed by atoms with Gasteiger partial charge in [0.1, 0.15) is 0 Å². The molecule has 0 fully saturated rings. The summed E-state index contributed by atoms with van der Waals surface area (Å²) in [6.07, 6.45) is 3.64. The molecule has 0 radical (unpaired) electrons. The van der Waals surface area contributed by atoms with E-state index >= 15 is 0 Å². The van der Waals surface area contributed by atoms with Gasteiger partial charge in [-0.3, -0.25) is 4.98 Å². The first-order valence-electron chi connectivity index (χ1n) is 7.79. The fraction of sp³-hybridized carbons (Fsp3) is 0.222. The number of carbonyl (C=O) groups is 1. The molecule has 2 heterocycles. The Morgan fingerprint density at radius 1 is 1.21 bits per heavy atom. The second kappa shape index (κ2) is 7.61. The van der Waals surface area contributed by atoms with E-state index in [0.29, 0.717) is 13.2 Å². The standard InChI is InChI=1S/C18H20N4O2/c1-24-11-10-22-13-16(15-7-2-3-8-17(15)22)21-18(23)20-12-14-6-4-5-9-19-14/h2-9,13H,10-12H2,1H3,(H2,20,21,23). The molecule has 2 N–H and O–H groups in total. The highest BCUT2D eigenvalue weighted by Gasteiger charge is 2.10. The topological polar surface area (TPSA) is 68.2 Å². The number of fused-ring (bicyclic) bond motifs is 1. The predicted molar refractivity (Wildman–Crippen MR) is 93.9 cm³/mol. The Morgan fingerprint density at radius 3 is 2.83 bits per heavy atom. The van der Waals surface area contributed by atoms with Gasteiger partial charge >= 0.3 is 6.03 Å². The zero-order valence-electron chi connectivity index (χ0n) is 13.5. The largest absolute Gasteiger partial charge is 0.383 e. The number of nitrogens with one attached hydrogen (secondary N) is 2. The number of pyridine rings is 1. The first-order valence-corrected chi connectivity index (χ1v) is 7.79. The number of carbonyl (C=O) groups excluding carboxylic acids is 1. The second-order valence-electron chi connectivity index (χ2n) is 5.37. The van der Waals surface area contributed by atoms with Gasteiger partial charge in [0, 0.05) is 31.4 Å². The van der Waals surface area contributed by atoms with Crippen LogP contribution in [0.1, 0.15) is 5.69 Å². The number of methoxy groups -OCH3 is 1. The summed E-state index contributed by atoms with van der Waals surface area (Å²) in [5.41, 5.74) is 2.66. The molecule has 0 aliphatic carbocycles. The number of hydrogen-bond acceptors (Lipinski definition) is 3. The van der Waals surface area contributed by atoms with Crippen LogP contribution in [0.15, 0.2) is 54.9 Å². The number of anilines is 1. The van der Waals surface area contributed by atoms with Gasteiger partial charge in [0.25, 0.3) is 0 Å². The number of amides is 2. The number of nitrogens with zero attached hydrogens (tertiary/aromatic N) is 2. The highest BCUT2D eigenvalue weighted by Crippen LogP contribution is 2.25. The molecular formula is C18H20N4O2. The Labute approximate surface area is 140 Å².